The Balaban J connectivity index is 1.93. The summed E-state index contributed by atoms with van der Waals surface area (Å²) in [6, 6.07) is 13.8. The molecule has 6 nitrogen and oxygen atoms in total. The SMILES string of the molecule is COC1=NC(OC)C(F)C=C1c1n[nH]c(=S)n1-c1cccc2ccccc12. The number of hydrogen-bond acceptors (Lipinski definition) is 5. The largest absolute Gasteiger partial charge is 0.481 e. The normalized spacial score (nSPS) is 19.7. The molecule has 1 N–H and O–H groups in total. The molecule has 1 aromatic heterocycles. The Hall–Kier alpha value is -2.84. The molecule has 0 saturated carbocycles. The highest BCUT2D eigenvalue weighted by Crippen LogP contribution is 2.29. The number of methoxy groups -OCH3 is 2. The monoisotopic (exact) mass is 384 g/mol. The van der Waals surface area contributed by atoms with Crippen LogP contribution in [0.2, 0.25) is 0 Å². The molecule has 2 unspecified atom stereocenters. The predicted octanol–water partition coefficient (Wildman–Crippen LogP) is 3.84. The van der Waals surface area contributed by atoms with Crippen molar-refractivity contribution in [2.75, 3.05) is 14.2 Å². The van der Waals surface area contributed by atoms with Gasteiger partial charge in [0.25, 0.3) is 0 Å². The van der Waals surface area contributed by atoms with E-state index in [-0.39, 0.29) is 5.90 Å². The third-order valence-electron chi connectivity index (χ3n) is 4.43. The summed E-state index contributed by atoms with van der Waals surface area (Å²) in [6.07, 6.45) is -0.973. The second kappa shape index (κ2) is 7.05. The molecule has 0 fully saturated rings. The molecule has 0 saturated heterocycles. The number of alkyl halides is 1. The number of nitrogens with one attached hydrogen (secondary N) is 1. The fourth-order valence-electron chi connectivity index (χ4n) is 3.19. The molecule has 2 heterocycles. The van der Waals surface area contributed by atoms with Crippen molar-refractivity contribution >= 4 is 34.5 Å². The van der Waals surface area contributed by atoms with Crippen LogP contribution in [-0.2, 0) is 9.47 Å². The van der Waals surface area contributed by atoms with Crippen LogP contribution >= 0.6 is 12.2 Å². The average molecular weight is 384 g/mol. The minimum atomic E-state index is -1.42. The van der Waals surface area contributed by atoms with Gasteiger partial charge in [0.1, 0.15) is 0 Å². The minimum Gasteiger partial charge on any atom is -0.481 e. The highest BCUT2D eigenvalue weighted by Gasteiger charge is 2.30. The molecule has 4 rings (SSSR count). The van der Waals surface area contributed by atoms with Gasteiger partial charge in [-0.25, -0.2) is 9.38 Å². The molecular weight excluding hydrogens is 367 g/mol. The van der Waals surface area contributed by atoms with Crippen LogP contribution in [0.4, 0.5) is 4.39 Å². The highest BCUT2D eigenvalue weighted by molar-refractivity contribution is 7.71. The molecule has 1 aliphatic rings. The van der Waals surface area contributed by atoms with Crippen LogP contribution in [0.25, 0.3) is 22.0 Å². The van der Waals surface area contributed by atoms with E-state index in [0.29, 0.717) is 16.2 Å². The van der Waals surface area contributed by atoms with Gasteiger partial charge in [0, 0.05) is 12.5 Å². The number of hydrogen-bond donors (Lipinski definition) is 1. The Labute approximate surface area is 160 Å². The summed E-state index contributed by atoms with van der Waals surface area (Å²) in [6.45, 7) is 0. The number of fused-ring (bicyclic) bond motifs is 1. The fraction of sp³-hybridized carbons (Fsp3) is 0.211. The second-order valence-electron chi connectivity index (χ2n) is 5.98. The quantitative estimate of drug-likeness (QED) is 0.697. The van der Waals surface area contributed by atoms with Gasteiger partial charge in [-0.1, -0.05) is 36.4 Å². The van der Waals surface area contributed by atoms with E-state index in [4.69, 9.17) is 21.7 Å². The molecule has 0 amide bonds. The van der Waals surface area contributed by atoms with Crippen LogP contribution in [0, 0.1) is 4.77 Å². The van der Waals surface area contributed by atoms with Crippen molar-refractivity contribution in [3.8, 4) is 5.69 Å². The lowest BCUT2D eigenvalue weighted by atomic mass is 10.1. The van der Waals surface area contributed by atoms with Gasteiger partial charge in [-0.05, 0) is 29.7 Å². The van der Waals surface area contributed by atoms with E-state index >= 15 is 0 Å². The van der Waals surface area contributed by atoms with Gasteiger partial charge >= 0.3 is 0 Å². The maximum atomic E-state index is 14.5. The number of aliphatic imine (C=N–C) groups is 1. The molecule has 3 aromatic rings. The third-order valence-corrected chi connectivity index (χ3v) is 4.70. The van der Waals surface area contributed by atoms with Crippen molar-refractivity contribution in [2.45, 2.75) is 12.4 Å². The number of halogens is 1. The van der Waals surface area contributed by atoms with Crippen molar-refractivity contribution in [3.63, 3.8) is 0 Å². The summed E-state index contributed by atoms with van der Waals surface area (Å²) in [7, 11) is 2.88. The zero-order valence-corrected chi connectivity index (χ0v) is 15.5. The number of aromatic nitrogens is 3. The number of rotatable bonds is 3. The number of nitrogens with zero attached hydrogens (tertiary/aromatic N) is 3. The average Bonchev–Trinajstić information content (AvgIpc) is 3.08. The molecule has 0 spiro atoms. The second-order valence-corrected chi connectivity index (χ2v) is 6.36. The smallest absolute Gasteiger partial charge is 0.222 e. The molecule has 27 heavy (non-hydrogen) atoms. The first-order chi connectivity index (χ1) is 13.1. The predicted molar refractivity (Wildman–Crippen MR) is 104 cm³/mol. The Morgan fingerprint density at radius 1 is 1.15 bits per heavy atom. The molecule has 0 aliphatic carbocycles. The molecule has 138 valence electrons. The van der Waals surface area contributed by atoms with E-state index in [1.807, 2.05) is 42.5 Å². The first-order valence-electron chi connectivity index (χ1n) is 8.31. The van der Waals surface area contributed by atoms with E-state index < -0.39 is 12.4 Å². The fourth-order valence-corrected chi connectivity index (χ4v) is 3.42. The minimum absolute atomic E-state index is 0.242. The number of dihydropyridines is 1. The number of aromatic amines is 1. The Morgan fingerprint density at radius 2 is 1.93 bits per heavy atom. The summed E-state index contributed by atoms with van der Waals surface area (Å²) in [5.74, 6) is 0.667. The van der Waals surface area contributed by atoms with Crippen LogP contribution in [0.5, 0.6) is 0 Å². The number of benzene rings is 2. The standard InChI is InChI=1S/C19H17FN4O2S/c1-25-17-13(10-14(20)18(21-17)26-2)16-22-23-19(27)24(16)15-9-5-7-11-6-3-4-8-12(11)15/h3-10,14,18H,1-2H3,(H,23,27). The summed E-state index contributed by atoms with van der Waals surface area (Å²) < 4.78 is 27.0. The summed E-state index contributed by atoms with van der Waals surface area (Å²) in [4.78, 5) is 4.19. The summed E-state index contributed by atoms with van der Waals surface area (Å²) in [5.41, 5.74) is 1.25. The summed E-state index contributed by atoms with van der Waals surface area (Å²) in [5, 5.41) is 9.17. The van der Waals surface area contributed by atoms with Crippen molar-refractivity contribution in [2.24, 2.45) is 4.99 Å². The Morgan fingerprint density at radius 3 is 2.70 bits per heavy atom. The van der Waals surface area contributed by atoms with Gasteiger partial charge in [-0.2, -0.15) is 5.10 Å². The molecule has 0 bridgehead atoms. The molecule has 2 aromatic carbocycles. The van der Waals surface area contributed by atoms with Crippen LogP contribution in [-0.4, -0.2) is 47.3 Å². The van der Waals surface area contributed by atoms with Gasteiger partial charge in [-0.3, -0.25) is 9.67 Å². The van der Waals surface area contributed by atoms with Gasteiger partial charge in [0.15, 0.2) is 23.0 Å². The lowest BCUT2D eigenvalue weighted by Crippen LogP contribution is -2.28. The Bertz CT molecular complexity index is 1110. The van der Waals surface area contributed by atoms with E-state index in [2.05, 4.69) is 15.2 Å². The topological polar surface area (TPSA) is 64.4 Å². The van der Waals surface area contributed by atoms with Gasteiger partial charge < -0.3 is 9.47 Å². The van der Waals surface area contributed by atoms with E-state index in [1.165, 1.54) is 20.3 Å². The molecular formula is C19H17FN4O2S. The van der Waals surface area contributed by atoms with Gasteiger partial charge in [-0.15, -0.1) is 0 Å². The highest BCUT2D eigenvalue weighted by atomic mass is 32.1. The van der Waals surface area contributed by atoms with Crippen LogP contribution < -0.4 is 0 Å². The first kappa shape index (κ1) is 17.6. The zero-order valence-electron chi connectivity index (χ0n) is 14.7. The first-order valence-corrected chi connectivity index (χ1v) is 8.71. The van der Waals surface area contributed by atoms with Gasteiger partial charge in [0.05, 0.1) is 18.4 Å². The Kier molecular flexibility index (Phi) is 4.59. The van der Waals surface area contributed by atoms with Crippen molar-refractivity contribution in [3.05, 3.63) is 59.1 Å². The summed E-state index contributed by atoms with van der Waals surface area (Å²) >= 11 is 5.46. The maximum Gasteiger partial charge on any atom is 0.222 e. The molecule has 0 radical (unpaired) electrons. The molecule has 1 aliphatic heterocycles. The zero-order chi connectivity index (χ0) is 19.0. The number of ether oxygens (including phenoxy) is 2. The van der Waals surface area contributed by atoms with Crippen molar-refractivity contribution in [1.29, 1.82) is 0 Å². The van der Waals surface area contributed by atoms with E-state index in [9.17, 15) is 4.39 Å². The van der Waals surface area contributed by atoms with Crippen molar-refractivity contribution < 1.29 is 13.9 Å². The molecule has 2 atom stereocenters. The van der Waals surface area contributed by atoms with Crippen LogP contribution in [0.3, 0.4) is 0 Å². The van der Waals surface area contributed by atoms with E-state index in [1.54, 1.807) is 4.57 Å². The maximum absolute atomic E-state index is 14.5. The number of H-pyrrole nitrogens is 1. The van der Waals surface area contributed by atoms with E-state index in [0.717, 1.165) is 16.5 Å². The lowest BCUT2D eigenvalue weighted by molar-refractivity contribution is 0.0554. The molecule has 8 heteroatoms. The van der Waals surface area contributed by atoms with Gasteiger partial charge in [0.2, 0.25) is 5.90 Å². The lowest BCUT2D eigenvalue weighted by Gasteiger charge is -2.22. The third kappa shape index (κ3) is 2.96. The van der Waals surface area contributed by atoms with Crippen molar-refractivity contribution in [1.82, 2.24) is 14.8 Å². The van der Waals surface area contributed by atoms with Crippen LogP contribution in [0.15, 0.2) is 53.5 Å². The van der Waals surface area contributed by atoms with Crippen LogP contribution in [0.1, 0.15) is 5.82 Å².